The summed E-state index contributed by atoms with van der Waals surface area (Å²) in [6.07, 6.45) is 3.27. The summed E-state index contributed by atoms with van der Waals surface area (Å²) in [5.41, 5.74) is 1.50. The first-order valence-electron chi connectivity index (χ1n) is 4.99. The maximum absolute atomic E-state index is 4.56. The van der Waals surface area contributed by atoms with E-state index in [1.807, 2.05) is 4.68 Å². The number of nitrogens with one attached hydrogen (secondary N) is 1. The van der Waals surface area contributed by atoms with Gasteiger partial charge in [-0.1, -0.05) is 6.92 Å². The number of hydrogen-bond donors (Lipinski definition) is 1. The third-order valence-corrected chi connectivity index (χ3v) is 2.95. The number of hydrogen-bond acceptors (Lipinski definition) is 2. The molecule has 3 nitrogen and oxygen atoms in total. The van der Waals surface area contributed by atoms with E-state index in [0.29, 0.717) is 0 Å². The molecule has 1 atom stereocenters. The molecule has 13 heavy (non-hydrogen) atoms. The van der Waals surface area contributed by atoms with Crippen molar-refractivity contribution in [1.29, 1.82) is 0 Å². The van der Waals surface area contributed by atoms with Crippen molar-refractivity contribution in [3.63, 3.8) is 0 Å². The molecule has 3 heteroatoms. The van der Waals surface area contributed by atoms with Crippen molar-refractivity contribution in [1.82, 2.24) is 15.1 Å². The summed E-state index contributed by atoms with van der Waals surface area (Å²) in [6, 6.07) is 2.15. The highest BCUT2D eigenvalue weighted by Gasteiger charge is 2.32. The number of aromatic nitrogens is 2. The van der Waals surface area contributed by atoms with Crippen molar-refractivity contribution in [3.05, 3.63) is 18.0 Å². The van der Waals surface area contributed by atoms with E-state index in [2.05, 4.69) is 36.5 Å². The van der Waals surface area contributed by atoms with Gasteiger partial charge in [-0.3, -0.25) is 4.68 Å². The average molecular weight is 179 g/mol. The van der Waals surface area contributed by atoms with E-state index >= 15 is 0 Å². The predicted octanol–water partition coefficient (Wildman–Crippen LogP) is 1.15. The van der Waals surface area contributed by atoms with E-state index in [1.54, 1.807) is 0 Å². The zero-order chi connectivity index (χ0) is 9.31. The van der Waals surface area contributed by atoms with Gasteiger partial charge in [0.25, 0.3) is 0 Å². The second-order valence-electron chi connectivity index (χ2n) is 4.04. The summed E-state index contributed by atoms with van der Waals surface area (Å²) in [5, 5.41) is 7.95. The zero-order valence-corrected chi connectivity index (χ0v) is 8.38. The van der Waals surface area contributed by atoms with Gasteiger partial charge in [0.05, 0.1) is 5.69 Å². The molecule has 0 saturated carbocycles. The van der Waals surface area contributed by atoms with Gasteiger partial charge in [0.2, 0.25) is 0 Å². The fourth-order valence-electron chi connectivity index (χ4n) is 1.90. The second kappa shape index (κ2) is 3.14. The van der Waals surface area contributed by atoms with Gasteiger partial charge in [-0.25, -0.2) is 0 Å². The Balaban J connectivity index is 2.23. The van der Waals surface area contributed by atoms with Crippen LogP contribution in [0.2, 0.25) is 0 Å². The van der Waals surface area contributed by atoms with Crippen LogP contribution in [0, 0.1) is 0 Å². The van der Waals surface area contributed by atoms with Gasteiger partial charge in [-0.05, 0) is 26.0 Å². The smallest absolute Gasteiger partial charge is 0.0696 e. The number of aryl methyl sites for hydroxylation is 1. The Morgan fingerprint density at radius 2 is 2.54 bits per heavy atom. The fraction of sp³-hybridized carbons (Fsp3) is 0.700. The standard InChI is InChI=1S/C10H17N3/c1-3-13-7-4-9(12-13)10(2)5-6-11-8-10/h4,7,11H,3,5-6,8H2,1-2H3. The summed E-state index contributed by atoms with van der Waals surface area (Å²) < 4.78 is 2.00. The molecule has 0 radical (unpaired) electrons. The first-order valence-corrected chi connectivity index (χ1v) is 4.99. The molecule has 0 amide bonds. The zero-order valence-electron chi connectivity index (χ0n) is 8.38. The molecule has 1 unspecified atom stereocenters. The van der Waals surface area contributed by atoms with Gasteiger partial charge in [0.15, 0.2) is 0 Å². The van der Waals surface area contributed by atoms with Gasteiger partial charge in [0, 0.05) is 24.7 Å². The van der Waals surface area contributed by atoms with Crippen molar-refractivity contribution in [2.75, 3.05) is 13.1 Å². The lowest BCUT2D eigenvalue weighted by molar-refractivity contribution is 0.492. The van der Waals surface area contributed by atoms with Crippen molar-refractivity contribution in [2.45, 2.75) is 32.2 Å². The molecular weight excluding hydrogens is 162 g/mol. The van der Waals surface area contributed by atoms with E-state index < -0.39 is 0 Å². The van der Waals surface area contributed by atoms with Gasteiger partial charge in [-0.2, -0.15) is 5.10 Å². The van der Waals surface area contributed by atoms with E-state index in [4.69, 9.17) is 0 Å². The quantitative estimate of drug-likeness (QED) is 0.738. The minimum Gasteiger partial charge on any atom is -0.316 e. The highest BCUT2D eigenvalue weighted by Crippen LogP contribution is 2.28. The summed E-state index contributed by atoms with van der Waals surface area (Å²) in [4.78, 5) is 0. The molecule has 2 rings (SSSR count). The van der Waals surface area contributed by atoms with Crippen molar-refractivity contribution in [3.8, 4) is 0 Å². The molecule has 0 aromatic carbocycles. The predicted molar refractivity (Wildman–Crippen MR) is 52.7 cm³/mol. The van der Waals surface area contributed by atoms with Crippen LogP contribution in [0.25, 0.3) is 0 Å². The maximum Gasteiger partial charge on any atom is 0.0696 e. The van der Waals surface area contributed by atoms with Crippen LogP contribution in [0.5, 0.6) is 0 Å². The van der Waals surface area contributed by atoms with Crippen molar-refractivity contribution < 1.29 is 0 Å². The third-order valence-electron chi connectivity index (χ3n) is 2.95. The Bertz CT molecular complexity index is 284. The van der Waals surface area contributed by atoms with Gasteiger partial charge >= 0.3 is 0 Å². The minimum atomic E-state index is 0.264. The van der Waals surface area contributed by atoms with E-state index in [1.165, 1.54) is 12.1 Å². The largest absolute Gasteiger partial charge is 0.316 e. The van der Waals surface area contributed by atoms with E-state index in [0.717, 1.165) is 19.6 Å². The highest BCUT2D eigenvalue weighted by molar-refractivity contribution is 5.16. The lowest BCUT2D eigenvalue weighted by atomic mass is 9.86. The molecule has 0 aliphatic carbocycles. The van der Waals surface area contributed by atoms with Gasteiger partial charge < -0.3 is 5.32 Å². The number of rotatable bonds is 2. The van der Waals surface area contributed by atoms with Crippen LogP contribution >= 0.6 is 0 Å². The maximum atomic E-state index is 4.56. The molecule has 1 N–H and O–H groups in total. The molecule has 1 aliphatic heterocycles. The molecule has 1 saturated heterocycles. The summed E-state index contributed by atoms with van der Waals surface area (Å²) in [5.74, 6) is 0. The first kappa shape index (κ1) is 8.75. The molecule has 1 aromatic heterocycles. The summed E-state index contributed by atoms with van der Waals surface area (Å²) in [7, 11) is 0. The van der Waals surface area contributed by atoms with E-state index in [9.17, 15) is 0 Å². The first-order chi connectivity index (χ1) is 6.24. The van der Waals surface area contributed by atoms with Crippen molar-refractivity contribution in [2.24, 2.45) is 0 Å². The Hall–Kier alpha value is -0.830. The Kier molecular flexibility index (Phi) is 2.12. The lowest BCUT2D eigenvalue weighted by Gasteiger charge is -2.19. The molecule has 0 bridgehead atoms. The average Bonchev–Trinajstić information content (AvgIpc) is 2.72. The summed E-state index contributed by atoms with van der Waals surface area (Å²) in [6.45, 7) is 7.55. The second-order valence-corrected chi connectivity index (χ2v) is 4.04. The molecule has 2 heterocycles. The normalized spacial score (nSPS) is 28.2. The molecule has 1 fully saturated rings. The highest BCUT2D eigenvalue weighted by atomic mass is 15.3. The van der Waals surface area contributed by atoms with Crippen LogP contribution in [-0.4, -0.2) is 22.9 Å². The Morgan fingerprint density at radius 3 is 3.08 bits per heavy atom. The molecule has 1 aromatic rings. The van der Waals surface area contributed by atoms with Crippen LogP contribution in [0.15, 0.2) is 12.3 Å². The topological polar surface area (TPSA) is 29.9 Å². The van der Waals surface area contributed by atoms with Gasteiger partial charge in [0.1, 0.15) is 0 Å². The van der Waals surface area contributed by atoms with Crippen molar-refractivity contribution >= 4 is 0 Å². The lowest BCUT2D eigenvalue weighted by Crippen LogP contribution is -2.25. The Morgan fingerprint density at radius 1 is 1.69 bits per heavy atom. The fourth-order valence-corrected chi connectivity index (χ4v) is 1.90. The third kappa shape index (κ3) is 1.48. The van der Waals surface area contributed by atoms with Crippen LogP contribution < -0.4 is 5.32 Å². The van der Waals surface area contributed by atoms with Crippen LogP contribution in [-0.2, 0) is 12.0 Å². The number of nitrogens with zero attached hydrogens (tertiary/aromatic N) is 2. The summed E-state index contributed by atoms with van der Waals surface area (Å²) >= 11 is 0. The molecule has 1 aliphatic rings. The monoisotopic (exact) mass is 179 g/mol. The van der Waals surface area contributed by atoms with Crippen LogP contribution in [0.4, 0.5) is 0 Å². The SMILES string of the molecule is CCn1ccc(C2(C)CCNC2)n1. The molecule has 0 spiro atoms. The van der Waals surface area contributed by atoms with Crippen LogP contribution in [0.3, 0.4) is 0 Å². The molecule has 72 valence electrons. The van der Waals surface area contributed by atoms with Crippen LogP contribution in [0.1, 0.15) is 26.0 Å². The van der Waals surface area contributed by atoms with E-state index in [-0.39, 0.29) is 5.41 Å². The Labute approximate surface area is 79.1 Å². The molecular formula is C10H17N3. The van der Waals surface area contributed by atoms with Gasteiger partial charge in [-0.15, -0.1) is 0 Å². The minimum absolute atomic E-state index is 0.264.